The van der Waals surface area contributed by atoms with Crippen LogP contribution in [0.25, 0.3) is 0 Å². The molecular formula is C23H23ClN4O2S. The molecule has 3 aromatic rings. The Morgan fingerprint density at radius 1 is 1.06 bits per heavy atom. The van der Waals surface area contributed by atoms with Crippen molar-refractivity contribution in [2.75, 3.05) is 6.26 Å². The summed E-state index contributed by atoms with van der Waals surface area (Å²) < 4.78 is 0. The second-order valence-corrected chi connectivity index (χ2v) is 8.15. The summed E-state index contributed by atoms with van der Waals surface area (Å²) in [6.07, 6.45) is 3.53. The molecule has 0 saturated carbocycles. The van der Waals surface area contributed by atoms with Crippen LogP contribution in [-0.2, 0) is 17.8 Å². The quantitative estimate of drug-likeness (QED) is 0.399. The fraction of sp³-hybridized carbons (Fsp3) is 0.217. The standard InChI is InChI=1S/C23H23ClN4O2S/c1-15-8-10-17(11-9-15)13-25-21(29)19(12-16-6-4-3-5-7-16)27-22(30)20-18(24)14-26-23(28-20)31-2/h3-11,14,19H,12-13H2,1-2H3,(H,25,29)(H,27,30)/t19-/m0/s1. The van der Waals surface area contributed by atoms with Gasteiger partial charge in [-0.2, -0.15) is 0 Å². The van der Waals surface area contributed by atoms with Gasteiger partial charge in [0.1, 0.15) is 6.04 Å². The van der Waals surface area contributed by atoms with E-state index in [-0.39, 0.29) is 16.6 Å². The molecule has 0 fully saturated rings. The number of halogens is 1. The number of carbonyl (C=O) groups is 2. The first-order chi connectivity index (χ1) is 15.0. The van der Waals surface area contributed by atoms with E-state index in [2.05, 4.69) is 20.6 Å². The average Bonchev–Trinajstić information content (AvgIpc) is 2.79. The Bertz CT molecular complexity index is 1050. The Balaban J connectivity index is 1.76. The lowest BCUT2D eigenvalue weighted by molar-refractivity contribution is -0.123. The summed E-state index contributed by atoms with van der Waals surface area (Å²) in [4.78, 5) is 34.1. The molecule has 31 heavy (non-hydrogen) atoms. The number of carbonyl (C=O) groups excluding carboxylic acids is 2. The third kappa shape index (κ3) is 6.54. The zero-order valence-corrected chi connectivity index (χ0v) is 18.8. The summed E-state index contributed by atoms with van der Waals surface area (Å²) in [6, 6.07) is 16.6. The first-order valence-corrected chi connectivity index (χ1v) is 11.3. The molecule has 2 aromatic carbocycles. The van der Waals surface area contributed by atoms with Crippen LogP contribution >= 0.6 is 23.4 Å². The highest BCUT2D eigenvalue weighted by molar-refractivity contribution is 7.98. The Labute approximate surface area is 190 Å². The molecule has 0 radical (unpaired) electrons. The van der Waals surface area contributed by atoms with E-state index < -0.39 is 11.9 Å². The second kappa shape index (κ2) is 10.9. The number of thioether (sulfide) groups is 1. The number of amides is 2. The summed E-state index contributed by atoms with van der Waals surface area (Å²) >= 11 is 7.43. The van der Waals surface area contributed by atoms with Gasteiger partial charge < -0.3 is 10.6 Å². The van der Waals surface area contributed by atoms with Gasteiger partial charge in [-0.25, -0.2) is 9.97 Å². The van der Waals surface area contributed by atoms with E-state index in [9.17, 15) is 9.59 Å². The molecule has 0 bridgehead atoms. The third-order valence-electron chi connectivity index (χ3n) is 4.61. The first-order valence-electron chi connectivity index (χ1n) is 9.71. The van der Waals surface area contributed by atoms with E-state index in [0.29, 0.717) is 18.1 Å². The molecule has 3 rings (SSSR count). The molecule has 2 amide bonds. The van der Waals surface area contributed by atoms with Gasteiger partial charge in [-0.15, -0.1) is 0 Å². The molecule has 0 aliphatic carbocycles. The number of nitrogens with one attached hydrogen (secondary N) is 2. The van der Waals surface area contributed by atoms with Crippen LogP contribution in [0.15, 0.2) is 66.0 Å². The van der Waals surface area contributed by atoms with Crippen molar-refractivity contribution in [2.24, 2.45) is 0 Å². The zero-order chi connectivity index (χ0) is 22.2. The van der Waals surface area contributed by atoms with Crippen molar-refractivity contribution in [3.63, 3.8) is 0 Å². The topological polar surface area (TPSA) is 84.0 Å². The monoisotopic (exact) mass is 454 g/mol. The Hall–Kier alpha value is -2.90. The number of hydrogen-bond donors (Lipinski definition) is 2. The predicted molar refractivity (Wildman–Crippen MR) is 123 cm³/mol. The minimum atomic E-state index is -0.788. The largest absolute Gasteiger partial charge is 0.350 e. The van der Waals surface area contributed by atoms with Gasteiger partial charge in [0.15, 0.2) is 10.9 Å². The van der Waals surface area contributed by atoms with Crippen LogP contribution < -0.4 is 10.6 Å². The lowest BCUT2D eigenvalue weighted by atomic mass is 10.0. The van der Waals surface area contributed by atoms with E-state index in [1.54, 1.807) is 0 Å². The van der Waals surface area contributed by atoms with Crippen molar-refractivity contribution in [2.45, 2.75) is 31.1 Å². The van der Waals surface area contributed by atoms with Crippen molar-refractivity contribution in [3.8, 4) is 0 Å². The number of aromatic nitrogens is 2. The highest BCUT2D eigenvalue weighted by atomic mass is 35.5. The summed E-state index contributed by atoms with van der Waals surface area (Å²) in [5, 5.41) is 6.26. The second-order valence-electron chi connectivity index (χ2n) is 6.97. The van der Waals surface area contributed by atoms with Crippen LogP contribution in [0.5, 0.6) is 0 Å². The maximum Gasteiger partial charge on any atom is 0.272 e. The summed E-state index contributed by atoms with van der Waals surface area (Å²) in [5.74, 6) is -0.804. The summed E-state index contributed by atoms with van der Waals surface area (Å²) in [6.45, 7) is 2.37. The third-order valence-corrected chi connectivity index (χ3v) is 5.45. The minimum absolute atomic E-state index is 0.0467. The van der Waals surface area contributed by atoms with E-state index >= 15 is 0 Å². The van der Waals surface area contributed by atoms with Crippen molar-refractivity contribution >= 4 is 35.2 Å². The molecule has 0 spiro atoms. The highest BCUT2D eigenvalue weighted by Crippen LogP contribution is 2.17. The molecule has 8 heteroatoms. The fourth-order valence-corrected chi connectivity index (χ4v) is 3.43. The maximum atomic E-state index is 13.0. The van der Waals surface area contributed by atoms with E-state index in [1.807, 2.05) is 67.8 Å². The van der Waals surface area contributed by atoms with Gasteiger partial charge in [-0.05, 0) is 24.3 Å². The molecule has 1 heterocycles. The van der Waals surface area contributed by atoms with Gasteiger partial charge in [0.2, 0.25) is 5.91 Å². The van der Waals surface area contributed by atoms with Gasteiger partial charge in [0, 0.05) is 13.0 Å². The van der Waals surface area contributed by atoms with Crippen molar-refractivity contribution in [3.05, 3.63) is 88.2 Å². The van der Waals surface area contributed by atoms with Gasteiger partial charge in [0.05, 0.1) is 11.2 Å². The van der Waals surface area contributed by atoms with E-state index in [4.69, 9.17) is 11.6 Å². The highest BCUT2D eigenvalue weighted by Gasteiger charge is 2.24. The van der Waals surface area contributed by atoms with Crippen LogP contribution in [0.3, 0.4) is 0 Å². The SMILES string of the molecule is CSc1ncc(Cl)c(C(=O)N[C@@H](Cc2ccccc2)C(=O)NCc2ccc(C)cc2)n1. The number of nitrogens with zero attached hydrogens (tertiary/aromatic N) is 2. The number of rotatable bonds is 8. The Morgan fingerprint density at radius 3 is 2.45 bits per heavy atom. The Morgan fingerprint density at radius 2 is 1.77 bits per heavy atom. The van der Waals surface area contributed by atoms with E-state index in [0.717, 1.165) is 16.7 Å². The molecule has 0 aliphatic heterocycles. The summed E-state index contributed by atoms with van der Waals surface area (Å²) in [7, 11) is 0. The predicted octanol–water partition coefficient (Wildman–Crippen LogP) is 3.82. The number of hydrogen-bond acceptors (Lipinski definition) is 5. The minimum Gasteiger partial charge on any atom is -0.350 e. The van der Waals surface area contributed by atoms with Gasteiger partial charge in [-0.3, -0.25) is 9.59 Å². The van der Waals surface area contributed by atoms with Crippen LogP contribution in [0, 0.1) is 6.92 Å². The zero-order valence-electron chi connectivity index (χ0n) is 17.3. The molecular weight excluding hydrogens is 432 g/mol. The summed E-state index contributed by atoms with van der Waals surface area (Å²) in [5.41, 5.74) is 3.10. The molecule has 6 nitrogen and oxygen atoms in total. The maximum absolute atomic E-state index is 13.0. The van der Waals surface area contributed by atoms with Crippen molar-refractivity contribution in [1.29, 1.82) is 0 Å². The molecule has 160 valence electrons. The van der Waals surface area contributed by atoms with Crippen molar-refractivity contribution < 1.29 is 9.59 Å². The van der Waals surface area contributed by atoms with Crippen LogP contribution in [-0.4, -0.2) is 34.1 Å². The number of aryl methyl sites for hydroxylation is 1. The van der Waals surface area contributed by atoms with Crippen LogP contribution in [0.2, 0.25) is 5.02 Å². The molecule has 0 saturated heterocycles. The molecule has 1 aromatic heterocycles. The Kier molecular flexibility index (Phi) is 8.03. The van der Waals surface area contributed by atoms with Crippen molar-refractivity contribution in [1.82, 2.24) is 20.6 Å². The van der Waals surface area contributed by atoms with Gasteiger partial charge in [0.25, 0.3) is 5.91 Å². The molecule has 0 unspecified atom stereocenters. The fourth-order valence-electron chi connectivity index (χ4n) is 2.91. The number of benzene rings is 2. The smallest absolute Gasteiger partial charge is 0.272 e. The van der Waals surface area contributed by atoms with E-state index in [1.165, 1.54) is 18.0 Å². The van der Waals surface area contributed by atoms with Crippen LogP contribution in [0.1, 0.15) is 27.2 Å². The lowest BCUT2D eigenvalue weighted by Gasteiger charge is -2.19. The normalized spacial score (nSPS) is 11.6. The molecule has 2 N–H and O–H groups in total. The molecule has 0 aliphatic rings. The van der Waals surface area contributed by atoms with Crippen LogP contribution in [0.4, 0.5) is 0 Å². The lowest BCUT2D eigenvalue weighted by Crippen LogP contribution is -2.48. The first kappa shape index (κ1) is 22.8. The van der Waals surface area contributed by atoms with Gasteiger partial charge in [-0.1, -0.05) is 83.5 Å². The molecule has 1 atom stereocenters. The van der Waals surface area contributed by atoms with Gasteiger partial charge >= 0.3 is 0 Å². The average molecular weight is 455 g/mol.